The van der Waals surface area contributed by atoms with E-state index in [1.165, 1.54) is 27.3 Å². The second-order valence-electron chi connectivity index (χ2n) is 6.56. The van der Waals surface area contributed by atoms with E-state index < -0.39 is 17.7 Å². The molecule has 8 heteroatoms. The van der Waals surface area contributed by atoms with Gasteiger partial charge in [-0.1, -0.05) is 18.2 Å². The number of nitrogens with one attached hydrogen (secondary N) is 1. The van der Waals surface area contributed by atoms with Crippen LogP contribution in [0.3, 0.4) is 0 Å². The van der Waals surface area contributed by atoms with Crippen molar-refractivity contribution in [3.63, 3.8) is 0 Å². The maximum absolute atomic E-state index is 12.9. The Hall–Kier alpha value is -2.89. The number of rotatable bonds is 3. The van der Waals surface area contributed by atoms with Crippen LogP contribution in [0.25, 0.3) is 0 Å². The minimum absolute atomic E-state index is 0.0511. The number of para-hydroxylation sites is 1. The van der Waals surface area contributed by atoms with Crippen LogP contribution in [-0.4, -0.2) is 23.1 Å². The first-order valence-electron chi connectivity index (χ1n) is 8.93. The van der Waals surface area contributed by atoms with Gasteiger partial charge in [0.1, 0.15) is 11.1 Å². The van der Waals surface area contributed by atoms with Crippen molar-refractivity contribution in [2.75, 3.05) is 4.90 Å². The van der Waals surface area contributed by atoms with Crippen LogP contribution in [0.2, 0.25) is 0 Å². The Balaban J connectivity index is 1.65. The fraction of sp³-hybridized carbons (Fsp3) is 0.250. The van der Waals surface area contributed by atoms with Crippen LogP contribution in [0, 0.1) is 17.2 Å². The molecule has 0 bridgehead atoms. The molecule has 1 fully saturated rings. The maximum atomic E-state index is 12.9. The summed E-state index contributed by atoms with van der Waals surface area (Å²) in [6, 6.07) is 11.1. The lowest BCUT2D eigenvalue weighted by Crippen LogP contribution is -2.58. The van der Waals surface area contributed by atoms with Crippen molar-refractivity contribution < 1.29 is 9.59 Å². The summed E-state index contributed by atoms with van der Waals surface area (Å²) in [6.07, 6.45) is 5.32. The van der Waals surface area contributed by atoms with Crippen molar-refractivity contribution >= 4 is 57.4 Å². The van der Waals surface area contributed by atoms with E-state index in [0.29, 0.717) is 16.3 Å². The minimum Gasteiger partial charge on any atom is -0.301 e. The van der Waals surface area contributed by atoms with E-state index in [1.807, 2.05) is 6.07 Å². The smallest absolute Gasteiger partial charge is 0.251 e. The zero-order chi connectivity index (χ0) is 19.7. The molecule has 2 aliphatic rings. The number of carbonyl (C=O) groups is 2. The number of thiophene rings is 1. The van der Waals surface area contributed by atoms with Crippen LogP contribution in [0.4, 0.5) is 10.7 Å². The number of nitriles is 1. The number of anilines is 1. The van der Waals surface area contributed by atoms with Crippen molar-refractivity contribution in [3.8, 4) is 6.07 Å². The third-order valence-corrected chi connectivity index (χ3v) is 6.31. The predicted octanol–water partition coefficient (Wildman–Crippen LogP) is 3.26. The number of hydrogen-bond donors (Lipinski definition) is 1. The van der Waals surface area contributed by atoms with Gasteiger partial charge in [-0.25, -0.2) is 4.99 Å². The average Bonchev–Trinajstić information content (AvgIpc) is 3.05. The molecule has 0 spiro atoms. The zero-order valence-corrected chi connectivity index (χ0v) is 16.5. The molecule has 0 radical (unpaired) electrons. The number of fused-ring (bicyclic) bond motifs is 1. The van der Waals surface area contributed by atoms with Crippen molar-refractivity contribution in [2.45, 2.75) is 25.7 Å². The van der Waals surface area contributed by atoms with E-state index in [4.69, 9.17) is 12.2 Å². The van der Waals surface area contributed by atoms with Gasteiger partial charge in [0.15, 0.2) is 11.0 Å². The molecular weight excluding hydrogens is 392 g/mol. The number of nitrogens with zero attached hydrogens (tertiary/aromatic N) is 3. The number of hydrogen-bond acceptors (Lipinski definition) is 6. The molecule has 2 heterocycles. The number of benzene rings is 1. The van der Waals surface area contributed by atoms with Gasteiger partial charge in [-0.2, -0.15) is 5.26 Å². The van der Waals surface area contributed by atoms with Gasteiger partial charge in [-0.15, -0.1) is 11.3 Å². The summed E-state index contributed by atoms with van der Waals surface area (Å²) in [5.41, 5.74) is 2.22. The van der Waals surface area contributed by atoms with E-state index in [-0.39, 0.29) is 5.11 Å². The van der Waals surface area contributed by atoms with Crippen LogP contribution < -0.4 is 10.2 Å². The van der Waals surface area contributed by atoms with E-state index in [1.54, 1.807) is 24.3 Å². The molecule has 28 heavy (non-hydrogen) atoms. The third kappa shape index (κ3) is 3.23. The van der Waals surface area contributed by atoms with Gasteiger partial charge in [-0.05, 0) is 55.6 Å². The SMILES string of the molecule is N#Cc1c(N=C[C@@H]2C(=O)NC(=S)N(c3ccccc3)C2=O)sc2c1CCCC2. The van der Waals surface area contributed by atoms with Crippen LogP contribution >= 0.6 is 23.6 Å². The highest BCUT2D eigenvalue weighted by atomic mass is 32.1. The Labute approximate surface area is 171 Å². The summed E-state index contributed by atoms with van der Waals surface area (Å²) >= 11 is 6.65. The van der Waals surface area contributed by atoms with Crippen LogP contribution in [0.15, 0.2) is 35.3 Å². The summed E-state index contributed by atoms with van der Waals surface area (Å²) in [5.74, 6) is -2.06. The van der Waals surface area contributed by atoms with Gasteiger partial charge in [0, 0.05) is 11.1 Å². The highest BCUT2D eigenvalue weighted by Gasteiger charge is 2.38. The molecular formula is C20H16N4O2S2. The minimum atomic E-state index is -1.10. The molecule has 1 saturated heterocycles. The van der Waals surface area contributed by atoms with E-state index in [2.05, 4.69) is 16.4 Å². The molecule has 6 nitrogen and oxygen atoms in total. The fourth-order valence-electron chi connectivity index (χ4n) is 3.44. The van der Waals surface area contributed by atoms with Gasteiger partial charge >= 0.3 is 0 Å². The molecule has 0 saturated carbocycles. The molecule has 1 aromatic carbocycles. The maximum Gasteiger partial charge on any atom is 0.251 e. The van der Waals surface area contributed by atoms with E-state index in [9.17, 15) is 14.9 Å². The standard InChI is InChI=1S/C20H16N4O2S2/c21-10-14-13-8-4-5-9-16(13)28-18(14)22-11-15-17(25)23-20(27)24(19(15)26)12-6-2-1-3-7-12/h1-3,6-7,11,15H,4-5,8-9H2,(H,23,25,27)/t15-/m1/s1. The molecule has 1 aliphatic carbocycles. The number of aliphatic imine (C=N–C) groups is 1. The molecule has 140 valence electrons. The van der Waals surface area contributed by atoms with Crippen LogP contribution in [0.1, 0.15) is 28.8 Å². The number of thiocarbonyl (C=S) groups is 1. The monoisotopic (exact) mass is 408 g/mol. The Morgan fingerprint density at radius 2 is 2.00 bits per heavy atom. The molecule has 1 atom stereocenters. The number of amides is 2. The van der Waals surface area contributed by atoms with Crippen molar-refractivity contribution in [2.24, 2.45) is 10.9 Å². The van der Waals surface area contributed by atoms with Crippen molar-refractivity contribution in [1.29, 1.82) is 5.26 Å². The zero-order valence-electron chi connectivity index (χ0n) is 14.8. The Morgan fingerprint density at radius 1 is 1.25 bits per heavy atom. The lowest BCUT2D eigenvalue weighted by Gasteiger charge is -2.30. The average molecular weight is 409 g/mol. The van der Waals surface area contributed by atoms with Crippen molar-refractivity contribution in [1.82, 2.24) is 5.32 Å². The predicted molar refractivity (Wildman–Crippen MR) is 112 cm³/mol. The van der Waals surface area contributed by atoms with Gasteiger partial charge in [-0.3, -0.25) is 14.5 Å². The molecule has 1 aromatic heterocycles. The molecule has 2 amide bonds. The first-order valence-corrected chi connectivity index (χ1v) is 10.2. The molecule has 1 N–H and O–H groups in total. The number of aryl methyl sites for hydroxylation is 1. The first kappa shape index (κ1) is 18.5. The molecule has 0 unspecified atom stereocenters. The second kappa shape index (κ2) is 7.62. The van der Waals surface area contributed by atoms with Gasteiger partial charge in [0.05, 0.1) is 11.3 Å². The van der Waals surface area contributed by atoms with Crippen LogP contribution in [-0.2, 0) is 22.4 Å². The van der Waals surface area contributed by atoms with Crippen molar-refractivity contribution in [3.05, 3.63) is 46.3 Å². The second-order valence-corrected chi connectivity index (χ2v) is 8.03. The summed E-state index contributed by atoms with van der Waals surface area (Å²) < 4.78 is 0. The van der Waals surface area contributed by atoms with Crippen LogP contribution in [0.5, 0.6) is 0 Å². The highest BCUT2D eigenvalue weighted by molar-refractivity contribution is 7.80. The number of carbonyl (C=O) groups excluding carboxylic acids is 2. The summed E-state index contributed by atoms with van der Waals surface area (Å²) in [6.45, 7) is 0. The Bertz CT molecular complexity index is 1040. The third-order valence-electron chi connectivity index (χ3n) is 4.82. The molecule has 1 aliphatic heterocycles. The van der Waals surface area contributed by atoms with Gasteiger partial charge in [0.25, 0.3) is 5.91 Å². The topological polar surface area (TPSA) is 85.6 Å². The highest BCUT2D eigenvalue weighted by Crippen LogP contribution is 2.39. The Kier molecular flexibility index (Phi) is 5.03. The summed E-state index contributed by atoms with van der Waals surface area (Å²) in [7, 11) is 0. The van der Waals surface area contributed by atoms with Gasteiger partial charge < -0.3 is 5.32 Å². The normalized spacial score (nSPS) is 19.5. The first-order chi connectivity index (χ1) is 13.6. The van der Waals surface area contributed by atoms with E-state index >= 15 is 0 Å². The summed E-state index contributed by atoms with van der Waals surface area (Å²) in [4.78, 5) is 32.2. The van der Waals surface area contributed by atoms with E-state index in [0.717, 1.165) is 31.2 Å². The lowest BCUT2D eigenvalue weighted by molar-refractivity contribution is -0.130. The molecule has 2 aromatic rings. The Morgan fingerprint density at radius 3 is 2.75 bits per heavy atom. The lowest BCUT2D eigenvalue weighted by atomic mass is 9.96. The summed E-state index contributed by atoms with van der Waals surface area (Å²) in [5, 5.41) is 12.7. The quantitative estimate of drug-likeness (QED) is 0.480. The fourth-order valence-corrected chi connectivity index (χ4v) is 4.93. The van der Waals surface area contributed by atoms with Gasteiger partial charge in [0.2, 0.25) is 5.91 Å². The largest absolute Gasteiger partial charge is 0.301 e. The molecule has 4 rings (SSSR count).